The molecule has 0 radical (unpaired) electrons. The quantitative estimate of drug-likeness (QED) is 0.0249. The summed E-state index contributed by atoms with van der Waals surface area (Å²) in [6.45, 7) is 5.43. The van der Waals surface area contributed by atoms with Crippen molar-refractivity contribution in [2.45, 2.75) is 199 Å². The van der Waals surface area contributed by atoms with Crippen LogP contribution in [0.4, 0.5) is 0 Å². The summed E-state index contributed by atoms with van der Waals surface area (Å²) in [5, 5.41) is -2.03. The van der Waals surface area contributed by atoms with E-state index in [1.54, 1.807) is 19.0 Å². The van der Waals surface area contributed by atoms with Gasteiger partial charge in [-0.1, -0.05) is 129 Å². The number of unbranched alkanes of at least 4 members (excludes halogenated alkanes) is 20. The second kappa shape index (κ2) is 37.5. The van der Waals surface area contributed by atoms with E-state index in [9.17, 15) is 32.4 Å². The maximum Gasteiger partial charge on any atom is 0.328 e. The molecule has 0 aliphatic rings. The van der Waals surface area contributed by atoms with Crippen molar-refractivity contribution >= 4 is 40.0 Å². The van der Waals surface area contributed by atoms with Crippen molar-refractivity contribution in [1.82, 2.24) is 4.90 Å². The number of esters is 4. The molecule has 0 bridgehead atoms. The first-order valence-corrected chi connectivity index (χ1v) is 23.6. The first-order valence-electron chi connectivity index (χ1n) is 22.2. The largest absolute Gasteiger partial charge is 0.466 e. The van der Waals surface area contributed by atoms with E-state index >= 15 is 0 Å². The fourth-order valence-electron chi connectivity index (χ4n) is 5.95. The highest BCUT2D eigenvalue weighted by molar-refractivity contribution is 7.88. The minimum Gasteiger partial charge on any atom is -0.466 e. The van der Waals surface area contributed by atoms with Crippen LogP contribution in [0.1, 0.15) is 194 Å². The summed E-state index contributed by atoms with van der Waals surface area (Å²) in [5.74, 6) is -3.37. The Morgan fingerprint density at radius 2 is 0.789 bits per heavy atom. The average molecular weight is 834 g/mol. The fraction of sp³-hybridized carbons (Fsp3) is 0.884. The van der Waals surface area contributed by atoms with Crippen molar-refractivity contribution in [3.8, 4) is 0 Å². The SMILES string of the molecule is CCCCCCCCC(=O)OCCCCCCCCOC(=O)CC(C(=O)OCCCCCCCCOC(=O)CCCCCCCC)S(=O)(=O)OC(=O)CCN(C)C. The Balaban J connectivity index is 4.42. The Kier molecular flexibility index (Phi) is 35.7. The highest BCUT2D eigenvalue weighted by Gasteiger charge is 2.40. The first kappa shape index (κ1) is 54.3. The molecule has 0 saturated carbocycles. The summed E-state index contributed by atoms with van der Waals surface area (Å²) in [5.41, 5.74) is 0. The lowest BCUT2D eigenvalue weighted by Gasteiger charge is -2.16. The lowest BCUT2D eigenvalue weighted by molar-refractivity contribution is -0.150. The topological polar surface area (TPSA) is 169 Å². The van der Waals surface area contributed by atoms with Crippen molar-refractivity contribution < 1.29 is 55.5 Å². The number of carbonyl (C=O) groups is 5. The summed E-state index contributed by atoms with van der Waals surface area (Å²) in [6, 6.07) is 0. The third kappa shape index (κ3) is 35.0. The minimum atomic E-state index is -4.82. The lowest BCUT2D eigenvalue weighted by Crippen LogP contribution is -2.37. The van der Waals surface area contributed by atoms with Gasteiger partial charge in [-0.15, -0.1) is 0 Å². The van der Waals surface area contributed by atoms with Gasteiger partial charge in [-0.05, 0) is 52.6 Å². The monoisotopic (exact) mass is 834 g/mol. The molecule has 0 fully saturated rings. The second-order valence-electron chi connectivity index (χ2n) is 15.3. The van der Waals surface area contributed by atoms with Gasteiger partial charge < -0.3 is 28.0 Å². The molecule has 0 saturated heterocycles. The van der Waals surface area contributed by atoms with Crippen molar-refractivity contribution in [2.24, 2.45) is 0 Å². The van der Waals surface area contributed by atoms with Gasteiger partial charge in [-0.2, -0.15) is 8.42 Å². The molecule has 0 amide bonds. The Morgan fingerprint density at radius 3 is 1.19 bits per heavy atom. The molecule has 0 aliphatic heterocycles. The van der Waals surface area contributed by atoms with Gasteiger partial charge in [-0.25, -0.2) is 0 Å². The van der Waals surface area contributed by atoms with Crippen molar-refractivity contribution in [1.29, 1.82) is 0 Å². The van der Waals surface area contributed by atoms with Gasteiger partial charge in [0.25, 0.3) is 0 Å². The summed E-state index contributed by atoms with van der Waals surface area (Å²) >= 11 is 0. The number of carbonyl (C=O) groups excluding carboxylic acids is 5. The van der Waals surface area contributed by atoms with Crippen LogP contribution in [-0.4, -0.2) is 95.5 Å². The molecule has 13 nitrogen and oxygen atoms in total. The van der Waals surface area contributed by atoms with Crippen LogP contribution in [0.25, 0.3) is 0 Å². The molecule has 0 aliphatic carbocycles. The molecule has 0 rings (SSSR count). The zero-order valence-electron chi connectivity index (χ0n) is 36.2. The number of ether oxygens (including phenoxy) is 4. The number of hydrogen-bond acceptors (Lipinski definition) is 13. The van der Waals surface area contributed by atoms with E-state index in [1.165, 1.54) is 38.5 Å². The van der Waals surface area contributed by atoms with Crippen molar-refractivity contribution in [3.63, 3.8) is 0 Å². The summed E-state index contributed by atoms with van der Waals surface area (Å²) in [7, 11) is -1.39. The van der Waals surface area contributed by atoms with Gasteiger partial charge in [0.2, 0.25) is 5.25 Å². The zero-order valence-corrected chi connectivity index (χ0v) is 37.0. The van der Waals surface area contributed by atoms with E-state index in [0.717, 1.165) is 103 Å². The molecule has 0 N–H and O–H groups in total. The molecule has 0 heterocycles. The van der Waals surface area contributed by atoms with Crippen molar-refractivity contribution in [2.75, 3.05) is 47.1 Å². The van der Waals surface area contributed by atoms with E-state index in [1.807, 2.05) is 0 Å². The van der Waals surface area contributed by atoms with E-state index in [2.05, 4.69) is 13.8 Å². The molecule has 14 heteroatoms. The van der Waals surface area contributed by atoms with Crippen LogP contribution >= 0.6 is 0 Å². The number of hydrogen-bond donors (Lipinski definition) is 0. The van der Waals surface area contributed by atoms with Crippen LogP contribution in [0, 0.1) is 0 Å². The fourth-order valence-corrected chi connectivity index (χ4v) is 7.05. The van der Waals surface area contributed by atoms with Crippen molar-refractivity contribution in [3.05, 3.63) is 0 Å². The molecule has 0 aromatic carbocycles. The minimum absolute atomic E-state index is 0.0494. The van der Waals surface area contributed by atoms with Crippen LogP contribution in [0.3, 0.4) is 0 Å². The van der Waals surface area contributed by atoms with Gasteiger partial charge in [0, 0.05) is 19.4 Å². The normalized spacial score (nSPS) is 11.9. The predicted octanol–water partition coefficient (Wildman–Crippen LogP) is 8.93. The van der Waals surface area contributed by atoms with Gasteiger partial charge in [-0.3, -0.25) is 24.0 Å². The third-order valence-electron chi connectivity index (χ3n) is 9.52. The molecule has 0 aromatic rings. The predicted molar refractivity (Wildman–Crippen MR) is 222 cm³/mol. The van der Waals surface area contributed by atoms with E-state index in [4.69, 9.17) is 23.1 Å². The summed E-state index contributed by atoms with van der Waals surface area (Å²) in [6.07, 6.45) is 22.9. The maximum absolute atomic E-state index is 13.0. The smallest absolute Gasteiger partial charge is 0.328 e. The van der Waals surface area contributed by atoms with Crippen LogP contribution in [0.15, 0.2) is 0 Å². The van der Waals surface area contributed by atoms with Gasteiger partial charge in [0.1, 0.15) is 0 Å². The molecule has 0 spiro atoms. The second-order valence-corrected chi connectivity index (χ2v) is 17.0. The number of nitrogens with zero attached hydrogens (tertiary/aromatic N) is 1. The molecular weight excluding hydrogens is 755 g/mol. The molecule has 1 unspecified atom stereocenters. The molecular formula is C43H79NO12S. The van der Waals surface area contributed by atoms with Crippen LogP contribution in [0.2, 0.25) is 0 Å². The van der Waals surface area contributed by atoms with E-state index < -0.39 is 39.7 Å². The Hall–Kier alpha value is -2.74. The zero-order chi connectivity index (χ0) is 42.4. The Labute approximate surface area is 345 Å². The van der Waals surface area contributed by atoms with Crippen LogP contribution in [-0.2, 0) is 57.2 Å². The van der Waals surface area contributed by atoms with E-state index in [0.29, 0.717) is 38.9 Å². The first-order chi connectivity index (χ1) is 27.4. The highest BCUT2D eigenvalue weighted by atomic mass is 32.2. The van der Waals surface area contributed by atoms with Crippen LogP contribution in [0.5, 0.6) is 0 Å². The van der Waals surface area contributed by atoms with Gasteiger partial charge >= 0.3 is 40.0 Å². The molecule has 0 aromatic heterocycles. The van der Waals surface area contributed by atoms with E-state index in [-0.39, 0.29) is 38.1 Å². The standard InChI is InChI=1S/C43H79NO12S/c1-5-7-9-11-17-23-29-39(45)52-33-25-19-13-14-21-27-35-54-42(48)37-38(57(50,51)56-41(47)31-32-44(3)4)43(49)55-36-28-22-16-15-20-26-34-53-40(46)30-24-18-12-10-8-6-2/h38H,5-37H2,1-4H3. The third-order valence-corrected chi connectivity index (χ3v) is 11.0. The molecule has 57 heavy (non-hydrogen) atoms. The summed E-state index contributed by atoms with van der Waals surface area (Å²) in [4.78, 5) is 63.2. The highest BCUT2D eigenvalue weighted by Crippen LogP contribution is 2.16. The molecule has 1 atom stereocenters. The van der Waals surface area contributed by atoms with Gasteiger partial charge in [0.15, 0.2) is 0 Å². The Bertz CT molecular complexity index is 1160. The van der Waals surface area contributed by atoms with Crippen LogP contribution < -0.4 is 0 Å². The average Bonchev–Trinajstić information content (AvgIpc) is 3.16. The number of rotatable bonds is 40. The Morgan fingerprint density at radius 1 is 0.439 bits per heavy atom. The molecule has 334 valence electrons. The maximum atomic E-state index is 13.0. The summed E-state index contributed by atoms with van der Waals surface area (Å²) < 4.78 is 51.8. The van der Waals surface area contributed by atoms with Gasteiger partial charge in [0.05, 0.1) is 39.3 Å². The lowest BCUT2D eigenvalue weighted by atomic mass is 10.1.